The van der Waals surface area contributed by atoms with Crippen molar-refractivity contribution in [3.63, 3.8) is 0 Å². The Balaban J connectivity index is 1.94. The van der Waals surface area contributed by atoms with E-state index < -0.39 is 10.0 Å². The molecular formula is C17H17ClN2O3S. The van der Waals surface area contributed by atoms with E-state index in [0.29, 0.717) is 18.7 Å². The summed E-state index contributed by atoms with van der Waals surface area (Å²) < 4.78 is 27.6. The van der Waals surface area contributed by atoms with Crippen LogP contribution < -0.4 is 9.62 Å². The van der Waals surface area contributed by atoms with Gasteiger partial charge in [0, 0.05) is 18.7 Å². The molecule has 0 spiro atoms. The van der Waals surface area contributed by atoms with Gasteiger partial charge in [0.05, 0.1) is 10.7 Å². The Morgan fingerprint density at radius 1 is 1.17 bits per heavy atom. The number of nitrogens with one attached hydrogen (secondary N) is 1. The quantitative estimate of drug-likeness (QED) is 0.901. The topological polar surface area (TPSA) is 66.5 Å². The van der Waals surface area contributed by atoms with E-state index in [0.717, 1.165) is 17.7 Å². The second kappa shape index (κ2) is 6.45. The summed E-state index contributed by atoms with van der Waals surface area (Å²) in [6.07, 6.45) is 1.34. The minimum atomic E-state index is -3.80. The van der Waals surface area contributed by atoms with Crippen molar-refractivity contribution in [1.82, 2.24) is 0 Å². The molecule has 0 radical (unpaired) electrons. The van der Waals surface area contributed by atoms with Crippen LogP contribution in [0.5, 0.6) is 0 Å². The van der Waals surface area contributed by atoms with Crippen LogP contribution in [0, 0.1) is 6.92 Å². The van der Waals surface area contributed by atoms with Crippen molar-refractivity contribution >= 4 is 38.9 Å². The number of carbonyl (C=O) groups is 1. The van der Waals surface area contributed by atoms with Gasteiger partial charge in [-0.3, -0.25) is 9.52 Å². The lowest BCUT2D eigenvalue weighted by molar-refractivity contribution is -0.117. The zero-order valence-electron chi connectivity index (χ0n) is 13.1. The Labute approximate surface area is 146 Å². The van der Waals surface area contributed by atoms with Gasteiger partial charge >= 0.3 is 0 Å². The maximum Gasteiger partial charge on any atom is 0.263 e. The summed E-state index contributed by atoms with van der Waals surface area (Å²) >= 11 is 5.98. The molecule has 0 atom stereocenters. The Morgan fingerprint density at radius 2 is 1.92 bits per heavy atom. The van der Waals surface area contributed by atoms with Gasteiger partial charge in [-0.25, -0.2) is 8.42 Å². The van der Waals surface area contributed by atoms with Crippen LogP contribution in [-0.4, -0.2) is 20.9 Å². The third-order valence-electron chi connectivity index (χ3n) is 3.95. The highest BCUT2D eigenvalue weighted by Gasteiger charge is 2.24. The highest BCUT2D eigenvalue weighted by Crippen LogP contribution is 2.30. The molecule has 1 heterocycles. The molecular weight excluding hydrogens is 348 g/mol. The summed E-state index contributed by atoms with van der Waals surface area (Å²) in [5.41, 5.74) is 2.05. The third-order valence-corrected chi connectivity index (χ3v) is 5.83. The lowest BCUT2D eigenvalue weighted by Gasteiger charge is -2.20. The van der Waals surface area contributed by atoms with Gasteiger partial charge in [-0.05, 0) is 43.2 Å². The number of benzene rings is 2. The van der Waals surface area contributed by atoms with Crippen molar-refractivity contribution in [2.75, 3.05) is 16.2 Å². The van der Waals surface area contributed by atoms with Gasteiger partial charge < -0.3 is 4.90 Å². The number of sulfonamides is 1. The summed E-state index contributed by atoms with van der Waals surface area (Å²) in [5, 5.41) is 0.159. The fourth-order valence-corrected chi connectivity index (χ4v) is 4.31. The molecule has 3 rings (SSSR count). The molecule has 0 bridgehead atoms. The lowest BCUT2D eigenvalue weighted by atomic mass is 10.1. The molecule has 7 heteroatoms. The Bertz CT molecular complexity index is 896. The van der Waals surface area contributed by atoms with E-state index in [1.807, 2.05) is 6.92 Å². The first kappa shape index (κ1) is 16.8. The van der Waals surface area contributed by atoms with E-state index in [9.17, 15) is 13.2 Å². The second-order valence-electron chi connectivity index (χ2n) is 5.69. The van der Waals surface area contributed by atoms with Crippen LogP contribution in [-0.2, 0) is 14.8 Å². The minimum Gasteiger partial charge on any atom is -0.312 e. The maximum absolute atomic E-state index is 12.5. The van der Waals surface area contributed by atoms with Gasteiger partial charge in [0.25, 0.3) is 10.0 Å². The molecule has 24 heavy (non-hydrogen) atoms. The van der Waals surface area contributed by atoms with Gasteiger partial charge in [0.2, 0.25) is 5.91 Å². The predicted octanol–water partition coefficient (Wildman–Crippen LogP) is 3.58. The van der Waals surface area contributed by atoms with E-state index in [1.165, 1.54) is 12.1 Å². The van der Waals surface area contributed by atoms with E-state index in [4.69, 9.17) is 11.6 Å². The van der Waals surface area contributed by atoms with Crippen molar-refractivity contribution < 1.29 is 13.2 Å². The first-order valence-corrected chi connectivity index (χ1v) is 9.43. The minimum absolute atomic E-state index is 0.0195. The molecule has 0 aliphatic carbocycles. The van der Waals surface area contributed by atoms with Gasteiger partial charge in [0.1, 0.15) is 4.90 Å². The first-order valence-electron chi connectivity index (χ1n) is 7.57. The van der Waals surface area contributed by atoms with Crippen molar-refractivity contribution in [2.24, 2.45) is 0 Å². The molecule has 1 amide bonds. The number of rotatable bonds is 4. The summed E-state index contributed by atoms with van der Waals surface area (Å²) in [4.78, 5) is 13.7. The number of carbonyl (C=O) groups excluding carboxylic acids is 1. The number of nitrogens with zero attached hydrogens (tertiary/aromatic N) is 1. The number of halogens is 1. The van der Waals surface area contributed by atoms with E-state index in [-0.39, 0.29) is 15.8 Å². The molecule has 1 fully saturated rings. The van der Waals surface area contributed by atoms with Gasteiger partial charge in [0.15, 0.2) is 0 Å². The molecule has 1 saturated heterocycles. The van der Waals surface area contributed by atoms with E-state index in [2.05, 4.69) is 4.72 Å². The first-order chi connectivity index (χ1) is 11.4. The lowest BCUT2D eigenvalue weighted by Crippen LogP contribution is -2.24. The van der Waals surface area contributed by atoms with Gasteiger partial charge in [-0.1, -0.05) is 29.8 Å². The molecule has 0 unspecified atom stereocenters. The zero-order chi connectivity index (χ0) is 17.3. The van der Waals surface area contributed by atoms with Crippen molar-refractivity contribution in [3.8, 4) is 0 Å². The molecule has 2 aromatic carbocycles. The number of amides is 1. The zero-order valence-corrected chi connectivity index (χ0v) is 14.7. The predicted molar refractivity (Wildman–Crippen MR) is 95.0 cm³/mol. The molecule has 5 nitrogen and oxygen atoms in total. The molecule has 2 aromatic rings. The van der Waals surface area contributed by atoms with E-state index >= 15 is 0 Å². The highest BCUT2D eigenvalue weighted by molar-refractivity contribution is 7.92. The largest absolute Gasteiger partial charge is 0.312 e. The number of aryl methyl sites for hydroxylation is 1. The van der Waals surface area contributed by atoms with Crippen molar-refractivity contribution in [3.05, 3.63) is 53.1 Å². The average molecular weight is 365 g/mol. The Morgan fingerprint density at radius 3 is 2.58 bits per heavy atom. The van der Waals surface area contributed by atoms with Crippen LogP contribution >= 0.6 is 11.6 Å². The Hall–Kier alpha value is -2.05. The van der Waals surface area contributed by atoms with Crippen LogP contribution in [0.1, 0.15) is 18.4 Å². The number of hydrogen-bond donors (Lipinski definition) is 1. The van der Waals surface area contributed by atoms with Crippen LogP contribution in [0.15, 0.2) is 47.4 Å². The summed E-state index contributed by atoms with van der Waals surface area (Å²) in [6.45, 7) is 2.55. The maximum atomic E-state index is 12.5. The fraction of sp³-hybridized carbons (Fsp3) is 0.235. The van der Waals surface area contributed by atoms with Crippen LogP contribution in [0.25, 0.3) is 0 Å². The van der Waals surface area contributed by atoms with Crippen molar-refractivity contribution in [1.29, 1.82) is 0 Å². The normalized spacial score (nSPS) is 14.9. The van der Waals surface area contributed by atoms with Gasteiger partial charge in [-0.15, -0.1) is 0 Å². The molecule has 1 aliphatic heterocycles. The van der Waals surface area contributed by atoms with Crippen LogP contribution in [0.2, 0.25) is 5.02 Å². The second-order valence-corrected chi connectivity index (χ2v) is 7.74. The standard InChI is InChI=1S/C17H17ClN2O3S/c1-12-8-9-13(11-15(12)20-10-4-7-17(20)21)19-24(22,23)16-6-3-2-5-14(16)18/h2-3,5-6,8-9,11,19H,4,7,10H2,1H3. The smallest absolute Gasteiger partial charge is 0.263 e. The summed E-state index contributed by atoms with van der Waals surface area (Å²) in [5.74, 6) is 0.0595. The van der Waals surface area contributed by atoms with Crippen LogP contribution in [0.4, 0.5) is 11.4 Å². The highest BCUT2D eigenvalue weighted by atomic mass is 35.5. The SMILES string of the molecule is Cc1ccc(NS(=O)(=O)c2ccccc2Cl)cc1N1CCCC1=O. The van der Waals surface area contributed by atoms with Crippen LogP contribution in [0.3, 0.4) is 0 Å². The van der Waals surface area contributed by atoms with E-state index in [1.54, 1.807) is 35.2 Å². The summed E-state index contributed by atoms with van der Waals surface area (Å²) in [7, 11) is -3.80. The molecule has 1 aliphatic rings. The summed E-state index contributed by atoms with van der Waals surface area (Å²) in [6, 6.07) is 11.4. The monoisotopic (exact) mass is 364 g/mol. The Kier molecular flexibility index (Phi) is 4.51. The molecule has 0 saturated carbocycles. The average Bonchev–Trinajstić information content (AvgIpc) is 2.95. The van der Waals surface area contributed by atoms with Crippen molar-refractivity contribution in [2.45, 2.75) is 24.7 Å². The number of anilines is 2. The number of hydrogen-bond acceptors (Lipinski definition) is 3. The van der Waals surface area contributed by atoms with Gasteiger partial charge in [-0.2, -0.15) is 0 Å². The third kappa shape index (κ3) is 3.25. The molecule has 1 N–H and O–H groups in total. The molecule has 126 valence electrons. The molecule has 0 aromatic heterocycles. The fourth-order valence-electron chi connectivity index (χ4n) is 2.74.